The highest BCUT2D eigenvalue weighted by molar-refractivity contribution is 5.77. The van der Waals surface area contributed by atoms with Crippen LogP contribution in [0, 0.1) is 0 Å². The zero-order chi connectivity index (χ0) is 16.6. The van der Waals surface area contributed by atoms with Gasteiger partial charge in [-0.25, -0.2) is 4.79 Å². The van der Waals surface area contributed by atoms with Gasteiger partial charge in [0.25, 0.3) is 0 Å². The van der Waals surface area contributed by atoms with Gasteiger partial charge in [-0.05, 0) is 59.7 Å². The Morgan fingerprint density at radius 3 is 2.45 bits per heavy atom. The van der Waals surface area contributed by atoms with E-state index in [4.69, 9.17) is 4.74 Å². The maximum absolute atomic E-state index is 12.0. The molecule has 1 fully saturated rings. The van der Waals surface area contributed by atoms with E-state index >= 15 is 0 Å². The molecule has 0 spiro atoms. The standard InChI is InChI=1S/C16H31N3O3/c1-16(2,3)22-15(21)17-9-8-14(20)18(4)10-7-13-19-11-5-6-12-19/h5-13H2,1-4H3,(H,17,21). The molecule has 0 bridgehead atoms. The lowest BCUT2D eigenvalue weighted by molar-refractivity contribution is -0.129. The van der Waals surface area contributed by atoms with Gasteiger partial charge in [-0.2, -0.15) is 0 Å². The summed E-state index contributed by atoms with van der Waals surface area (Å²) in [7, 11) is 1.82. The van der Waals surface area contributed by atoms with E-state index in [0.717, 1.165) is 19.5 Å². The molecule has 1 aliphatic rings. The van der Waals surface area contributed by atoms with Crippen LogP contribution in [-0.2, 0) is 9.53 Å². The fraction of sp³-hybridized carbons (Fsp3) is 0.875. The van der Waals surface area contributed by atoms with Crippen LogP contribution >= 0.6 is 0 Å². The van der Waals surface area contributed by atoms with Crippen molar-refractivity contribution in [2.45, 2.75) is 52.1 Å². The SMILES string of the molecule is CN(CCCN1CCCC1)C(=O)CCNC(=O)OC(C)(C)C. The lowest BCUT2D eigenvalue weighted by Gasteiger charge is -2.21. The third kappa shape index (κ3) is 8.22. The quantitative estimate of drug-likeness (QED) is 0.779. The van der Waals surface area contributed by atoms with Gasteiger partial charge in [-0.15, -0.1) is 0 Å². The maximum atomic E-state index is 12.0. The topological polar surface area (TPSA) is 61.9 Å². The lowest BCUT2D eigenvalue weighted by atomic mass is 10.2. The number of amides is 2. The van der Waals surface area contributed by atoms with Gasteiger partial charge in [0.2, 0.25) is 5.91 Å². The number of carbonyl (C=O) groups is 2. The molecule has 0 unspecified atom stereocenters. The number of alkyl carbamates (subject to hydrolysis) is 1. The predicted molar refractivity (Wildman–Crippen MR) is 86.8 cm³/mol. The summed E-state index contributed by atoms with van der Waals surface area (Å²) in [6.45, 7) is 9.96. The van der Waals surface area contributed by atoms with Crippen molar-refractivity contribution in [3.05, 3.63) is 0 Å². The number of nitrogens with one attached hydrogen (secondary N) is 1. The highest BCUT2D eigenvalue weighted by Crippen LogP contribution is 2.08. The molecule has 0 radical (unpaired) electrons. The molecule has 6 nitrogen and oxygen atoms in total. The Labute approximate surface area is 134 Å². The van der Waals surface area contributed by atoms with Crippen molar-refractivity contribution < 1.29 is 14.3 Å². The number of hydrogen-bond donors (Lipinski definition) is 1. The highest BCUT2D eigenvalue weighted by atomic mass is 16.6. The maximum Gasteiger partial charge on any atom is 0.407 e. The summed E-state index contributed by atoms with van der Waals surface area (Å²) in [5.74, 6) is 0.0532. The van der Waals surface area contributed by atoms with Crippen LogP contribution in [0.25, 0.3) is 0 Å². The summed E-state index contributed by atoms with van der Waals surface area (Å²) in [4.78, 5) is 27.6. The van der Waals surface area contributed by atoms with Crippen LogP contribution in [0.4, 0.5) is 4.79 Å². The predicted octanol–water partition coefficient (Wildman–Crippen LogP) is 1.85. The Morgan fingerprint density at radius 2 is 1.86 bits per heavy atom. The van der Waals surface area contributed by atoms with Crippen LogP contribution in [0.2, 0.25) is 0 Å². The van der Waals surface area contributed by atoms with Crippen LogP contribution in [0.15, 0.2) is 0 Å². The molecular formula is C16H31N3O3. The zero-order valence-electron chi connectivity index (χ0n) is 14.5. The van der Waals surface area contributed by atoms with Crippen LogP contribution in [0.1, 0.15) is 46.5 Å². The second-order valence-electron chi connectivity index (χ2n) is 6.90. The van der Waals surface area contributed by atoms with Crippen LogP contribution in [0.5, 0.6) is 0 Å². The second-order valence-corrected chi connectivity index (χ2v) is 6.90. The highest BCUT2D eigenvalue weighted by Gasteiger charge is 2.16. The number of rotatable bonds is 7. The number of hydrogen-bond acceptors (Lipinski definition) is 4. The van der Waals surface area contributed by atoms with Gasteiger partial charge in [0, 0.05) is 26.6 Å². The van der Waals surface area contributed by atoms with Gasteiger partial charge in [0.05, 0.1) is 0 Å². The fourth-order valence-corrected chi connectivity index (χ4v) is 2.44. The van der Waals surface area contributed by atoms with E-state index in [2.05, 4.69) is 10.2 Å². The molecule has 0 saturated carbocycles. The molecule has 2 amide bonds. The molecule has 1 saturated heterocycles. The van der Waals surface area contributed by atoms with Crippen LogP contribution < -0.4 is 5.32 Å². The molecule has 22 heavy (non-hydrogen) atoms. The number of carbonyl (C=O) groups excluding carboxylic acids is 2. The first kappa shape index (κ1) is 18.7. The molecule has 1 heterocycles. The number of likely N-dealkylation sites (tertiary alicyclic amines) is 1. The Bertz CT molecular complexity index is 360. The average molecular weight is 313 g/mol. The van der Waals surface area contributed by atoms with Crippen molar-refractivity contribution in [3.63, 3.8) is 0 Å². The molecule has 0 aromatic heterocycles. The van der Waals surface area contributed by atoms with E-state index in [1.54, 1.807) is 4.90 Å². The zero-order valence-corrected chi connectivity index (χ0v) is 14.5. The fourth-order valence-electron chi connectivity index (χ4n) is 2.44. The van der Waals surface area contributed by atoms with Crippen molar-refractivity contribution in [1.82, 2.24) is 15.1 Å². The smallest absolute Gasteiger partial charge is 0.407 e. The summed E-state index contributed by atoms with van der Waals surface area (Å²) >= 11 is 0. The third-order valence-electron chi connectivity index (χ3n) is 3.60. The normalized spacial score (nSPS) is 15.6. The monoisotopic (exact) mass is 313 g/mol. The van der Waals surface area contributed by atoms with Gasteiger partial charge in [0.1, 0.15) is 5.60 Å². The van der Waals surface area contributed by atoms with Crippen LogP contribution in [0.3, 0.4) is 0 Å². The van der Waals surface area contributed by atoms with Gasteiger partial charge < -0.3 is 19.9 Å². The van der Waals surface area contributed by atoms with E-state index in [-0.39, 0.29) is 5.91 Å². The summed E-state index contributed by atoms with van der Waals surface area (Å²) in [6, 6.07) is 0. The lowest BCUT2D eigenvalue weighted by Crippen LogP contribution is -2.36. The molecule has 1 aliphatic heterocycles. The van der Waals surface area contributed by atoms with Gasteiger partial charge >= 0.3 is 6.09 Å². The first-order chi connectivity index (χ1) is 10.3. The first-order valence-corrected chi connectivity index (χ1v) is 8.21. The van der Waals surface area contributed by atoms with Crippen molar-refractivity contribution in [2.75, 3.05) is 39.8 Å². The van der Waals surface area contributed by atoms with Crippen molar-refractivity contribution in [1.29, 1.82) is 0 Å². The summed E-state index contributed by atoms with van der Waals surface area (Å²) < 4.78 is 5.12. The van der Waals surface area contributed by atoms with Crippen LogP contribution in [-0.4, -0.2) is 67.2 Å². The van der Waals surface area contributed by atoms with E-state index in [9.17, 15) is 9.59 Å². The molecule has 1 rings (SSSR count). The Morgan fingerprint density at radius 1 is 1.23 bits per heavy atom. The molecule has 0 aliphatic carbocycles. The van der Waals surface area contributed by atoms with E-state index in [1.807, 2.05) is 27.8 Å². The molecule has 0 atom stereocenters. The summed E-state index contributed by atoms with van der Waals surface area (Å²) in [5, 5.41) is 2.61. The summed E-state index contributed by atoms with van der Waals surface area (Å²) in [5.41, 5.74) is -0.513. The molecule has 0 aromatic carbocycles. The third-order valence-corrected chi connectivity index (χ3v) is 3.60. The van der Waals surface area contributed by atoms with E-state index in [1.165, 1.54) is 25.9 Å². The summed E-state index contributed by atoms with van der Waals surface area (Å²) in [6.07, 6.45) is 3.43. The Hall–Kier alpha value is -1.30. The Kier molecular flexibility index (Phi) is 7.65. The minimum absolute atomic E-state index is 0.0532. The van der Waals surface area contributed by atoms with E-state index < -0.39 is 11.7 Å². The van der Waals surface area contributed by atoms with Crippen molar-refractivity contribution in [3.8, 4) is 0 Å². The largest absolute Gasteiger partial charge is 0.444 e. The minimum Gasteiger partial charge on any atom is -0.444 e. The average Bonchev–Trinajstić information content (AvgIpc) is 2.89. The van der Waals surface area contributed by atoms with Crippen molar-refractivity contribution in [2.24, 2.45) is 0 Å². The molecular weight excluding hydrogens is 282 g/mol. The van der Waals surface area contributed by atoms with Gasteiger partial charge in [-0.3, -0.25) is 4.79 Å². The molecule has 128 valence electrons. The number of ether oxygens (including phenoxy) is 1. The molecule has 1 N–H and O–H groups in total. The molecule has 6 heteroatoms. The number of nitrogens with zero attached hydrogens (tertiary/aromatic N) is 2. The van der Waals surface area contributed by atoms with Crippen molar-refractivity contribution >= 4 is 12.0 Å². The first-order valence-electron chi connectivity index (χ1n) is 8.21. The second kappa shape index (κ2) is 8.98. The van der Waals surface area contributed by atoms with E-state index in [0.29, 0.717) is 13.0 Å². The van der Waals surface area contributed by atoms with Gasteiger partial charge in [-0.1, -0.05) is 0 Å². The van der Waals surface area contributed by atoms with Gasteiger partial charge in [0.15, 0.2) is 0 Å². The molecule has 0 aromatic rings. The minimum atomic E-state index is -0.513. The Balaban J connectivity index is 2.09.